The summed E-state index contributed by atoms with van der Waals surface area (Å²) < 4.78 is 27.8. The summed E-state index contributed by atoms with van der Waals surface area (Å²) in [6.45, 7) is 2.33. The smallest absolute Gasteiger partial charge is 0.210 e. The summed E-state index contributed by atoms with van der Waals surface area (Å²) in [6, 6.07) is 1.62. The molecule has 102 valence electrons. The largest absolute Gasteiger partial charge is 0.250 e. The molecule has 0 aromatic carbocycles. The van der Waals surface area contributed by atoms with Gasteiger partial charge in [0.05, 0.1) is 4.34 Å². The fourth-order valence-electron chi connectivity index (χ4n) is 1.78. The molecule has 0 atom stereocenters. The van der Waals surface area contributed by atoms with Crippen LogP contribution in [-0.4, -0.2) is 20.3 Å². The van der Waals surface area contributed by atoms with Crippen LogP contribution in [0.15, 0.2) is 10.3 Å². The van der Waals surface area contributed by atoms with E-state index in [2.05, 4.69) is 20.7 Å². The van der Waals surface area contributed by atoms with Crippen LogP contribution in [0.2, 0.25) is 4.34 Å². The molecule has 0 amide bonds. The lowest BCUT2D eigenvalue weighted by atomic mass is 10.1. The average molecular weight is 373 g/mol. The quantitative estimate of drug-likeness (QED) is 0.776. The van der Waals surface area contributed by atoms with Crippen molar-refractivity contribution in [3.8, 4) is 0 Å². The van der Waals surface area contributed by atoms with Crippen molar-refractivity contribution in [2.75, 3.05) is 11.9 Å². The predicted octanol–water partition coefficient (Wildman–Crippen LogP) is 3.55. The number of hydrogen-bond acceptors (Lipinski definition) is 3. The van der Waals surface area contributed by atoms with Crippen molar-refractivity contribution in [2.24, 2.45) is 5.41 Å². The molecule has 1 heterocycles. The highest BCUT2D eigenvalue weighted by atomic mass is 79.9. The Balaban J connectivity index is 2.04. The van der Waals surface area contributed by atoms with Gasteiger partial charge in [-0.2, -0.15) is 0 Å². The minimum Gasteiger partial charge on any atom is -0.210 e. The first-order chi connectivity index (χ1) is 8.38. The van der Waals surface area contributed by atoms with Crippen LogP contribution in [0.25, 0.3) is 0 Å². The number of sulfonamides is 1. The summed E-state index contributed by atoms with van der Waals surface area (Å²) in [5.41, 5.74) is 0.982. The van der Waals surface area contributed by atoms with E-state index in [0.717, 1.165) is 41.5 Å². The highest BCUT2D eigenvalue weighted by molar-refractivity contribution is 9.09. The van der Waals surface area contributed by atoms with Crippen molar-refractivity contribution in [1.29, 1.82) is 0 Å². The van der Waals surface area contributed by atoms with E-state index >= 15 is 0 Å². The van der Waals surface area contributed by atoms with Crippen molar-refractivity contribution in [3.63, 3.8) is 0 Å². The first-order valence-electron chi connectivity index (χ1n) is 5.70. The Morgan fingerprint density at radius 3 is 2.67 bits per heavy atom. The zero-order chi connectivity index (χ0) is 13.4. The molecule has 3 nitrogen and oxygen atoms in total. The highest BCUT2D eigenvalue weighted by Gasteiger charge is 2.42. The number of rotatable bonds is 6. The molecule has 2 rings (SSSR count). The fraction of sp³-hybridized carbons (Fsp3) is 0.636. The second kappa shape index (κ2) is 5.40. The zero-order valence-corrected chi connectivity index (χ0v) is 14.0. The molecule has 0 radical (unpaired) electrons. The summed E-state index contributed by atoms with van der Waals surface area (Å²) in [5, 5.41) is 0.915. The van der Waals surface area contributed by atoms with Gasteiger partial charge in [-0.05, 0) is 43.2 Å². The first-order valence-corrected chi connectivity index (χ1v) is 9.50. The maximum Gasteiger partial charge on any atom is 0.250 e. The van der Waals surface area contributed by atoms with Crippen LogP contribution in [0.1, 0.15) is 24.8 Å². The van der Waals surface area contributed by atoms with Gasteiger partial charge in [0.25, 0.3) is 0 Å². The van der Waals surface area contributed by atoms with E-state index in [1.165, 1.54) is 0 Å². The van der Waals surface area contributed by atoms with Gasteiger partial charge in [-0.25, -0.2) is 13.1 Å². The standard InChI is InChI=1S/C11H15BrClNO2S2/c1-8-6-9(17-10(8)13)18(15,16)14-7-11(2-3-11)4-5-12/h6,14H,2-5,7H2,1H3. The Morgan fingerprint density at radius 1 is 1.56 bits per heavy atom. The molecule has 1 aliphatic rings. The molecule has 1 fully saturated rings. The maximum atomic E-state index is 12.1. The van der Waals surface area contributed by atoms with E-state index in [9.17, 15) is 8.42 Å². The number of nitrogens with one attached hydrogen (secondary N) is 1. The molecule has 1 saturated carbocycles. The summed E-state index contributed by atoms with van der Waals surface area (Å²) in [7, 11) is -3.40. The van der Waals surface area contributed by atoms with Gasteiger partial charge in [-0.3, -0.25) is 0 Å². The van der Waals surface area contributed by atoms with Crippen LogP contribution >= 0.6 is 38.9 Å². The molecule has 0 spiro atoms. The van der Waals surface area contributed by atoms with Crippen LogP contribution in [0.5, 0.6) is 0 Å². The Kier molecular flexibility index (Phi) is 4.44. The molecule has 0 unspecified atom stereocenters. The van der Waals surface area contributed by atoms with Crippen LogP contribution in [0.4, 0.5) is 0 Å². The number of halogens is 2. The molecule has 0 saturated heterocycles. The molecule has 1 aromatic rings. The molecule has 1 aromatic heterocycles. The van der Waals surface area contributed by atoms with Gasteiger partial charge in [-0.15, -0.1) is 11.3 Å². The van der Waals surface area contributed by atoms with Crippen LogP contribution in [-0.2, 0) is 10.0 Å². The van der Waals surface area contributed by atoms with Crippen LogP contribution < -0.4 is 4.72 Å². The van der Waals surface area contributed by atoms with Gasteiger partial charge in [0, 0.05) is 11.9 Å². The van der Waals surface area contributed by atoms with Crippen molar-refractivity contribution in [3.05, 3.63) is 16.0 Å². The van der Waals surface area contributed by atoms with Crippen molar-refractivity contribution in [1.82, 2.24) is 4.72 Å². The minimum absolute atomic E-state index is 0.173. The summed E-state index contributed by atoms with van der Waals surface area (Å²) in [6.07, 6.45) is 3.22. The van der Waals surface area contributed by atoms with Gasteiger partial charge >= 0.3 is 0 Å². The SMILES string of the molecule is Cc1cc(S(=O)(=O)NCC2(CCBr)CC2)sc1Cl. The van der Waals surface area contributed by atoms with Crippen LogP contribution in [0, 0.1) is 12.3 Å². The second-order valence-corrected chi connectivity index (χ2v) is 9.23. The van der Waals surface area contributed by atoms with Crippen molar-refractivity contribution < 1.29 is 8.42 Å². The number of thiophene rings is 1. The summed E-state index contributed by atoms with van der Waals surface area (Å²) in [4.78, 5) is 0. The van der Waals surface area contributed by atoms with E-state index in [1.54, 1.807) is 6.07 Å². The molecule has 7 heteroatoms. The molecule has 0 bridgehead atoms. The maximum absolute atomic E-state index is 12.1. The van der Waals surface area contributed by atoms with Gasteiger partial charge < -0.3 is 0 Å². The average Bonchev–Trinajstić information content (AvgIpc) is 2.98. The Bertz CT molecular complexity index is 518. The van der Waals surface area contributed by atoms with E-state index in [1.807, 2.05) is 6.92 Å². The third-order valence-corrected chi connectivity index (χ3v) is 7.15. The number of hydrogen-bond donors (Lipinski definition) is 1. The molecule has 1 N–H and O–H groups in total. The Hall–Kier alpha value is 0.380. The molecule has 1 aliphatic carbocycles. The lowest BCUT2D eigenvalue weighted by Gasteiger charge is -2.13. The number of aryl methyl sites for hydroxylation is 1. The van der Waals surface area contributed by atoms with E-state index < -0.39 is 10.0 Å². The third kappa shape index (κ3) is 3.28. The van der Waals surface area contributed by atoms with E-state index in [4.69, 9.17) is 11.6 Å². The Labute approximate surface area is 125 Å². The third-order valence-electron chi connectivity index (χ3n) is 3.32. The van der Waals surface area contributed by atoms with Gasteiger partial charge in [-0.1, -0.05) is 27.5 Å². The van der Waals surface area contributed by atoms with Gasteiger partial charge in [0.1, 0.15) is 4.21 Å². The topological polar surface area (TPSA) is 46.2 Å². The summed E-state index contributed by atoms with van der Waals surface area (Å²) >= 11 is 10.4. The van der Waals surface area contributed by atoms with Gasteiger partial charge in [0.15, 0.2) is 0 Å². The molecule has 0 aliphatic heterocycles. The summed E-state index contributed by atoms with van der Waals surface area (Å²) in [5.74, 6) is 0. The lowest BCUT2D eigenvalue weighted by molar-refractivity contribution is 0.481. The second-order valence-electron chi connectivity index (χ2n) is 4.79. The molecular formula is C11H15BrClNO2S2. The predicted molar refractivity (Wildman–Crippen MR) is 79.3 cm³/mol. The van der Waals surface area contributed by atoms with E-state index in [-0.39, 0.29) is 5.41 Å². The van der Waals surface area contributed by atoms with Gasteiger partial charge in [0.2, 0.25) is 10.0 Å². The monoisotopic (exact) mass is 371 g/mol. The highest BCUT2D eigenvalue weighted by Crippen LogP contribution is 2.48. The molecular weight excluding hydrogens is 358 g/mol. The van der Waals surface area contributed by atoms with Crippen molar-refractivity contribution >= 4 is 48.9 Å². The van der Waals surface area contributed by atoms with Crippen molar-refractivity contribution in [2.45, 2.75) is 30.4 Å². The lowest BCUT2D eigenvalue weighted by Crippen LogP contribution is -2.30. The Morgan fingerprint density at radius 2 is 2.22 bits per heavy atom. The van der Waals surface area contributed by atoms with Crippen LogP contribution in [0.3, 0.4) is 0 Å². The first kappa shape index (κ1) is 14.8. The fourth-order valence-corrected chi connectivity index (χ4v) is 5.53. The zero-order valence-electron chi connectivity index (χ0n) is 10.0. The minimum atomic E-state index is -3.40. The van der Waals surface area contributed by atoms with E-state index in [0.29, 0.717) is 15.1 Å². The number of alkyl halides is 1. The normalized spacial score (nSPS) is 17.9. The molecule has 18 heavy (non-hydrogen) atoms.